The Morgan fingerprint density at radius 3 is 2.31 bits per heavy atom. The molecule has 0 aliphatic carbocycles. The van der Waals surface area contributed by atoms with Crippen LogP contribution < -0.4 is 15.0 Å². The molecule has 0 radical (unpaired) electrons. The molecular weight excluding hydrogens is 719 g/mol. The van der Waals surface area contributed by atoms with Crippen LogP contribution in [0.4, 0.5) is 10.6 Å². The molecule has 0 aliphatic rings. The maximum absolute atomic E-state index is 13.0. The number of methoxy groups -OCH3 is 1. The lowest BCUT2D eigenvalue weighted by Crippen LogP contribution is -2.38. The number of esters is 1. The number of ketones is 1. The zero-order chi connectivity index (χ0) is 38.5. The fourth-order valence-corrected chi connectivity index (χ4v) is 5.31. The van der Waals surface area contributed by atoms with Gasteiger partial charge < -0.3 is 29.0 Å². The number of carbonyl (C=O) groups excluding carboxylic acids is 4. The number of pyridine rings is 1. The molecular formula is C35H48Cl2N6O9. The SMILES string of the molecule is COC(=O)CC(CC(=O)CNC(=O)CCCCN(C(=O)OC(C)(C)C)c1cc(C)ccn1)c1cc(Cl)c(OCCOCCOCCN=[N+]=[N-])c(Cl)c1. The Balaban J connectivity index is 1.88. The number of halogens is 2. The first-order valence-electron chi connectivity index (χ1n) is 16.8. The van der Waals surface area contributed by atoms with Crippen LogP contribution in [-0.2, 0) is 33.3 Å². The summed E-state index contributed by atoms with van der Waals surface area (Å²) in [4.78, 5) is 59.1. The smallest absolute Gasteiger partial charge is 0.416 e. The van der Waals surface area contributed by atoms with Crippen LogP contribution in [0, 0.1) is 6.92 Å². The standard InChI is InChI=1S/C35H48Cl2N6O9/c1-24-9-10-39-30(18-24)43(34(47)52-35(2,3)4)12-7-6-8-31(45)40-23-27(44)19-25(22-32(46)48-5)26-20-28(36)33(29(37)21-26)51-17-16-50-15-14-49-13-11-41-42-38/h9-10,18,20-21,25H,6-8,11-17,19,22-23H2,1-5H3,(H,40,45). The Kier molecular flexibility index (Phi) is 19.8. The largest absolute Gasteiger partial charge is 0.488 e. The number of carbonyl (C=O) groups is 4. The Morgan fingerprint density at radius 1 is 1.00 bits per heavy atom. The van der Waals surface area contributed by atoms with Crippen LogP contribution in [0.25, 0.3) is 10.4 Å². The Labute approximate surface area is 314 Å². The molecule has 1 N–H and O–H groups in total. The summed E-state index contributed by atoms with van der Waals surface area (Å²) >= 11 is 13.0. The number of nitrogens with one attached hydrogen (secondary N) is 1. The van der Waals surface area contributed by atoms with Gasteiger partial charge in [-0.3, -0.25) is 19.3 Å². The molecule has 0 aliphatic heterocycles. The lowest BCUT2D eigenvalue weighted by molar-refractivity contribution is -0.141. The van der Waals surface area contributed by atoms with Gasteiger partial charge in [-0.05, 0) is 81.5 Å². The third-order valence-electron chi connectivity index (χ3n) is 7.16. The Bertz CT molecular complexity index is 1510. The first kappa shape index (κ1) is 44.0. The molecule has 1 heterocycles. The number of aryl methyl sites for hydroxylation is 1. The number of ether oxygens (including phenoxy) is 5. The molecule has 17 heteroatoms. The fourth-order valence-electron chi connectivity index (χ4n) is 4.69. The second kappa shape index (κ2) is 23.4. The van der Waals surface area contributed by atoms with Gasteiger partial charge in [-0.15, -0.1) is 0 Å². The van der Waals surface area contributed by atoms with Gasteiger partial charge in [0, 0.05) is 43.0 Å². The summed E-state index contributed by atoms with van der Waals surface area (Å²) in [5.41, 5.74) is 9.01. The van der Waals surface area contributed by atoms with Crippen LogP contribution >= 0.6 is 23.2 Å². The molecule has 52 heavy (non-hydrogen) atoms. The number of anilines is 1. The first-order chi connectivity index (χ1) is 24.7. The molecule has 1 aromatic heterocycles. The number of amides is 2. The van der Waals surface area contributed by atoms with E-state index < -0.39 is 23.6 Å². The van der Waals surface area contributed by atoms with E-state index in [1.54, 1.807) is 45.2 Å². The van der Waals surface area contributed by atoms with Gasteiger partial charge in [0.25, 0.3) is 0 Å². The van der Waals surface area contributed by atoms with Crippen molar-refractivity contribution in [1.82, 2.24) is 10.3 Å². The third kappa shape index (κ3) is 17.4. The van der Waals surface area contributed by atoms with Crippen molar-refractivity contribution in [1.29, 1.82) is 0 Å². The van der Waals surface area contributed by atoms with Gasteiger partial charge in [-0.1, -0.05) is 28.3 Å². The van der Waals surface area contributed by atoms with Crippen molar-refractivity contribution in [2.45, 2.75) is 71.3 Å². The number of benzene rings is 1. The van der Waals surface area contributed by atoms with Gasteiger partial charge in [0.1, 0.15) is 18.0 Å². The number of nitrogens with zero attached hydrogens (tertiary/aromatic N) is 5. The normalized spacial score (nSPS) is 11.6. The van der Waals surface area contributed by atoms with E-state index in [2.05, 4.69) is 20.3 Å². The van der Waals surface area contributed by atoms with Gasteiger partial charge in [0.15, 0.2) is 11.5 Å². The quantitative estimate of drug-likeness (QED) is 0.0416. The Morgan fingerprint density at radius 2 is 1.67 bits per heavy atom. The highest BCUT2D eigenvalue weighted by atomic mass is 35.5. The van der Waals surface area contributed by atoms with E-state index in [-0.39, 0.29) is 79.6 Å². The van der Waals surface area contributed by atoms with Crippen LogP contribution in [0.3, 0.4) is 0 Å². The van der Waals surface area contributed by atoms with Crippen LogP contribution in [0.1, 0.15) is 69.9 Å². The molecule has 2 aromatic rings. The second-order valence-corrected chi connectivity index (χ2v) is 13.4. The summed E-state index contributed by atoms with van der Waals surface area (Å²) in [6.45, 7) is 8.84. The number of Topliss-reactive ketones (excluding diaryl/α,β-unsaturated/α-hetero) is 1. The van der Waals surface area contributed by atoms with E-state index >= 15 is 0 Å². The predicted octanol–water partition coefficient (Wildman–Crippen LogP) is 6.75. The number of hydrogen-bond acceptors (Lipinski definition) is 11. The summed E-state index contributed by atoms with van der Waals surface area (Å²) in [5.74, 6) is -1.12. The third-order valence-corrected chi connectivity index (χ3v) is 7.72. The number of hydrogen-bond donors (Lipinski definition) is 1. The molecule has 0 saturated heterocycles. The molecule has 2 amide bonds. The highest BCUT2D eigenvalue weighted by Gasteiger charge is 2.25. The summed E-state index contributed by atoms with van der Waals surface area (Å²) in [7, 11) is 1.25. The lowest BCUT2D eigenvalue weighted by atomic mass is 9.90. The summed E-state index contributed by atoms with van der Waals surface area (Å²) < 4.78 is 26.8. The second-order valence-electron chi connectivity index (χ2n) is 12.6. The van der Waals surface area contributed by atoms with Gasteiger partial charge >= 0.3 is 12.1 Å². The maximum Gasteiger partial charge on any atom is 0.416 e. The average molecular weight is 768 g/mol. The molecule has 0 spiro atoms. The summed E-state index contributed by atoms with van der Waals surface area (Å²) in [6.07, 6.45) is 1.95. The van der Waals surface area contributed by atoms with Crippen LogP contribution in [-0.4, -0.2) is 94.1 Å². The minimum absolute atomic E-state index is 0.0879. The van der Waals surface area contributed by atoms with Gasteiger partial charge in [0.2, 0.25) is 5.91 Å². The minimum Gasteiger partial charge on any atom is -0.488 e. The molecule has 0 fully saturated rings. The zero-order valence-electron chi connectivity index (χ0n) is 30.3. The van der Waals surface area contributed by atoms with E-state index in [1.807, 2.05) is 13.0 Å². The molecule has 2 rings (SSSR count). The molecule has 1 atom stereocenters. The van der Waals surface area contributed by atoms with Crippen molar-refractivity contribution in [3.63, 3.8) is 0 Å². The number of rotatable bonds is 23. The zero-order valence-corrected chi connectivity index (χ0v) is 31.8. The van der Waals surface area contributed by atoms with Gasteiger partial charge in [-0.25, -0.2) is 9.78 Å². The fraction of sp³-hybridized carbons (Fsp3) is 0.571. The molecule has 286 valence electrons. The van der Waals surface area contributed by atoms with E-state index in [4.69, 9.17) is 52.4 Å². The van der Waals surface area contributed by atoms with E-state index in [0.29, 0.717) is 44.0 Å². The maximum atomic E-state index is 13.0. The minimum atomic E-state index is -0.692. The number of unbranched alkanes of at least 4 members (excludes halogenated alkanes) is 1. The number of azide groups is 1. The molecule has 15 nitrogen and oxygen atoms in total. The van der Waals surface area contributed by atoms with Crippen LogP contribution in [0.2, 0.25) is 10.0 Å². The molecule has 1 aromatic carbocycles. The van der Waals surface area contributed by atoms with E-state index in [9.17, 15) is 19.2 Å². The highest BCUT2D eigenvalue weighted by molar-refractivity contribution is 6.37. The first-order valence-corrected chi connectivity index (χ1v) is 17.6. The van der Waals surface area contributed by atoms with E-state index in [0.717, 1.165) is 5.56 Å². The lowest BCUT2D eigenvalue weighted by Gasteiger charge is -2.27. The van der Waals surface area contributed by atoms with Crippen LogP contribution in [0.15, 0.2) is 35.6 Å². The van der Waals surface area contributed by atoms with E-state index in [1.165, 1.54) is 12.0 Å². The molecule has 0 bridgehead atoms. The average Bonchev–Trinajstić information content (AvgIpc) is 3.07. The van der Waals surface area contributed by atoms with Crippen molar-refractivity contribution in [3.05, 3.63) is 62.1 Å². The highest BCUT2D eigenvalue weighted by Crippen LogP contribution is 2.38. The monoisotopic (exact) mass is 766 g/mol. The number of aromatic nitrogens is 1. The van der Waals surface area contributed by atoms with Crippen molar-refractivity contribution in [2.75, 3.05) is 64.7 Å². The predicted molar refractivity (Wildman–Crippen MR) is 196 cm³/mol. The molecule has 1 unspecified atom stereocenters. The molecule has 0 saturated carbocycles. The van der Waals surface area contributed by atoms with Crippen molar-refractivity contribution >= 4 is 52.8 Å². The van der Waals surface area contributed by atoms with Gasteiger partial charge in [0.05, 0.1) is 56.5 Å². The van der Waals surface area contributed by atoms with Crippen molar-refractivity contribution in [3.8, 4) is 5.75 Å². The Hall–Kier alpha value is -4.14. The van der Waals surface area contributed by atoms with Crippen LogP contribution in [0.5, 0.6) is 5.75 Å². The van der Waals surface area contributed by atoms with Crippen molar-refractivity contribution < 1.29 is 42.9 Å². The topological polar surface area (TPSA) is 191 Å². The van der Waals surface area contributed by atoms with Gasteiger partial charge in [-0.2, -0.15) is 0 Å². The summed E-state index contributed by atoms with van der Waals surface area (Å²) in [5, 5.41) is 6.38. The van der Waals surface area contributed by atoms with Crippen molar-refractivity contribution in [2.24, 2.45) is 5.11 Å². The summed E-state index contributed by atoms with van der Waals surface area (Å²) in [6, 6.07) is 6.77.